The Labute approximate surface area is 125 Å². The van der Waals surface area contributed by atoms with Gasteiger partial charge < -0.3 is 10.4 Å². The smallest absolute Gasteiger partial charge is 0.329 e. The van der Waals surface area contributed by atoms with Gasteiger partial charge in [-0.25, -0.2) is 14.8 Å². The quantitative estimate of drug-likeness (QED) is 0.636. The number of hydrogen-bond acceptors (Lipinski definition) is 5. The predicted octanol–water partition coefficient (Wildman–Crippen LogP) is 1.83. The van der Waals surface area contributed by atoms with Gasteiger partial charge in [0, 0.05) is 0 Å². The highest BCUT2D eigenvalue weighted by Gasteiger charge is 2.48. The summed E-state index contributed by atoms with van der Waals surface area (Å²) in [5, 5.41) is 12.4. The van der Waals surface area contributed by atoms with Gasteiger partial charge in [-0.2, -0.15) is 0 Å². The van der Waals surface area contributed by atoms with E-state index in [2.05, 4.69) is 15.3 Å². The Kier molecular flexibility index (Phi) is 4.19. The number of aromatic nitrogens is 2. The summed E-state index contributed by atoms with van der Waals surface area (Å²) in [6, 6.07) is 0. The van der Waals surface area contributed by atoms with Gasteiger partial charge in [0.1, 0.15) is 5.54 Å². The average molecular weight is 316 g/mol. The third kappa shape index (κ3) is 2.88. The fraction of sp³-hybridized carbons (Fsp3) is 0.500. The van der Waals surface area contributed by atoms with Crippen LogP contribution in [0.25, 0.3) is 0 Å². The maximum Gasteiger partial charge on any atom is 0.329 e. The number of carboxylic acid groups (broad SMARTS) is 1. The Morgan fingerprint density at radius 2 is 2.20 bits per heavy atom. The molecule has 20 heavy (non-hydrogen) atoms. The van der Waals surface area contributed by atoms with E-state index in [0.29, 0.717) is 5.16 Å². The van der Waals surface area contributed by atoms with Crippen molar-refractivity contribution in [2.75, 3.05) is 6.26 Å². The number of rotatable bonds is 5. The first kappa shape index (κ1) is 15.1. The molecule has 1 aliphatic carbocycles. The lowest BCUT2D eigenvalue weighted by atomic mass is 9.96. The Morgan fingerprint density at radius 1 is 1.55 bits per heavy atom. The second kappa shape index (κ2) is 5.57. The minimum absolute atomic E-state index is 0.000795. The lowest BCUT2D eigenvalue weighted by Crippen LogP contribution is -2.54. The van der Waals surface area contributed by atoms with Crippen molar-refractivity contribution in [1.29, 1.82) is 0 Å². The van der Waals surface area contributed by atoms with E-state index in [1.165, 1.54) is 24.9 Å². The van der Waals surface area contributed by atoms with Gasteiger partial charge in [0.05, 0.1) is 11.2 Å². The minimum Gasteiger partial charge on any atom is -0.480 e. The fourth-order valence-electron chi connectivity index (χ4n) is 1.89. The van der Waals surface area contributed by atoms with Crippen LogP contribution in [0.3, 0.4) is 0 Å². The van der Waals surface area contributed by atoms with Gasteiger partial charge >= 0.3 is 5.97 Å². The van der Waals surface area contributed by atoms with Crippen molar-refractivity contribution in [1.82, 2.24) is 15.3 Å². The van der Waals surface area contributed by atoms with E-state index >= 15 is 0 Å². The number of carboxylic acids is 1. The molecule has 1 atom stereocenters. The number of amides is 1. The summed E-state index contributed by atoms with van der Waals surface area (Å²) in [6.45, 7) is 1.51. The van der Waals surface area contributed by atoms with Crippen LogP contribution in [0.1, 0.15) is 30.3 Å². The first-order chi connectivity index (χ1) is 9.38. The molecule has 0 bridgehead atoms. The zero-order valence-electron chi connectivity index (χ0n) is 11.0. The van der Waals surface area contributed by atoms with Crippen molar-refractivity contribution in [3.05, 3.63) is 16.9 Å². The van der Waals surface area contributed by atoms with Gasteiger partial charge in [-0.1, -0.05) is 23.4 Å². The molecule has 0 radical (unpaired) electrons. The third-order valence-corrected chi connectivity index (χ3v) is 4.17. The van der Waals surface area contributed by atoms with Crippen molar-refractivity contribution in [2.45, 2.75) is 30.5 Å². The summed E-state index contributed by atoms with van der Waals surface area (Å²) < 4.78 is 0. The van der Waals surface area contributed by atoms with Gasteiger partial charge in [-0.15, -0.1) is 0 Å². The van der Waals surface area contributed by atoms with E-state index in [-0.39, 0.29) is 16.6 Å². The van der Waals surface area contributed by atoms with Gasteiger partial charge in [-0.05, 0) is 31.9 Å². The molecule has 2 rings (SSSR count). The maximum absolute atomic E-state index is 12.2. The number of carbonyl (C=O) groups is 2. The molecule has 0 saturated heterocycles. The first-order valence-electron chi connectivity index (χ1n) is 6.01. The number of hydrogen-bond donors (Lipinski definition) is 2. The highest BCUT2D eigenvalue weighted by Crippen LogP contribution is 2.40. The molecule has 0 spiro atoms. The average Bonchev–Trinajstić information content (AvgIpc) is 3.23. The molecular formula is C12H14ClN3O3S. The van der Waals surface area contributed by atoms with Crippen LogP contribution in [0.2, 0.25) is 5.02 Å². The SMILES string of the molecule is CSc1ncc(Cl)c(C(=O)NC(C)(C(=O)O)C2CC2)n1. The number of thioether (sulfide) groups is 1. The topological polar surface area (TPSA) is 92.2 Å². The highest BCUT2D eigenvalue weighted by molar-refractivity contribution is 7.98. The molecule has 0 aromatic carbocycles. The molecule has 1 fully saturated rings. The molecule has 1 aliphatic rings. The molecular weight excluding hydrogens is 302 g/mol. The number of nitrogens with one attached hydrogen (secondary N) is 1. The van der Waals surface area contributed by atoms with Crippen molar-refractivity contribution in [3.63, 3.8) is 0 Å². The molecule has 8 heteroatoms. The molecule has 1 heterocycles. The number of halogens is 1. The van der Waals surface area contributed by atoms with Crippen LogP contribution in [-0.4, -0.2) is 38.7 Å². The Morgan fingerprint density at radius 3 is 2.70 bits per heavy atom. The normalized spacial score (nSPS) is 17.4. The Hall–Kier alpha value is -1.34. The highest BCUT2D eigenvalue weighted by atomic mass is 35.5. The maximum atomic E-state index is 12.2. The first-order valence-corrected chi connectivity index (χ1v) is 7.61. The predicted molar refractivity (Wildman–Crippen MR) is 75.1 cm³/mol. The van der Waals surface area contributed by atoms with Crippen LogP contribution in [0, 0.1) is 5.92 Å². The number of aliphatic carboxylic acids is 1. The van der Waals surface area contributed by atoms with Gasteiger partial charge in [0.2, 0.25) is 0 Å². The van der Waals surface area contributed by atoms with Crippen LogP contribution >= 0.6 is 23.4 Å². The molecule has 1 unspecified atom stereocenters. The van der Waals surface area contributed by atoms with Crippen LogP contribution in [0.5, 0.6) is 0 Å². The molecule has 1 saturated carbocycles. The summed E-state index contributed by atoms with van der Waals surface area (Å²) in [7, 11) is 0. The largest absolute Gasteiger partial charge is 0.480 e. The molecule has 1 amide bonds. The van der Waals surface area contributed by atoms with Crippen LogP contribution < -0.4 is 5.32 Å². The summed E-state index contributed by atoms with van der Waals surface area (Å²) in [4.78, 5) is 31.6. The van der Waals surface area contributed by atoms with Crippen molar-refractivity contribution in [2.24, 2.45) is 5.92 Å². The molecule has 2 N–H and O–H groups in total. The van der Waals surface area contributed by atoms with E-state index in [1.54, 1.807) is 6.26 Å². The van der Waals surface area contributed by atoms with Crippen molar-refractivity contribution in [3.8, 4) is 0 Å². The van der Waals surface area contributed by atoms with Crippen LogP contribution in [0.15, 0.2) is 11.4 Å². The fourth-order valence-corrected chi connectivity index (χ4v) is 2.41. The molecule has 1 aromatic heterocycles. The van der Waals surface area contributed by atoms with E-state index < -0.39 is 17.4 Å². The lowest BCUT2D eigenvalue weighted by molar-refractivity contribution is -0.144. The Bertz CT molecular complexity index is 565. The van der Waals surface area contributed by atoms with E-state index in [4.69, 9.17) is 11.6 Å². The van der Waals surface area contributed by atoms with Gasteiger partial charge in [0.15, 0.2) is 10.9 Å². The lowest BCUT2D eigenvalue weighted by Gasteiger charge is -2.26. The summed E-state index contributed by atoms with van der Waals surface area (Å²) in [5.41, 5.74) is -1.29. The summed E-state index contributed by atoms with van der Waals surface area (Å²) in [5.74, 6) is -1.70. The summed E-state index contributed by atoms with van der Waals surface area (Å²) in [6.07, 6.45) is 4.69. The molecule has 108 valence electrons. The summed E-state index contributed by atoms with van der Waals surface area (Å²) >= 11 is 7.18. The molecule has 6 nitrogen and oxygen atoms in total. The third-order valence-electron chi connectivity index (χ3n) is 3.33. The zero-order valence-corrected chi connectivity index (χ0v) is 12.6. The van der Waals surface area contributed by atoms with E-state index in [1.807, 2.05) is 0 Å². The Balaban J connectivity index is 2.25. The van der Waals surface area contributed by atoms with Crippen LogP contribution in [-0.2, 0) is 4.79 Å². The van der Waals surface area contributed by atoms with E-state index in [0.717, 1.165) is 12.8 Å². The zero-order chi connectivity index (χ0) is 14.9. The molecule has 0 aliphatic heterocycles. The van der Waals surface area contributed by atoms with Gasteiger partial charge in [0.25, 0.3) is 5.91 Å². The van der Waals surface area contributed by atoms with Crippen LogP contribution in [0.4, 0.5) is 0 Å². The van der Waals surface area contributed by atoms with Crippen molar-refractivity contribution >= 4 is 35.2 Å². The standard InChI is InChI=1S/C12H14ClN3O3S/c1-12(10(18)19,6-3-4-6)16-9(17)8-7(13)5-14-11(15-8)20-2/h5-6H,3-4H2,1-2H3,(H,16,17)(H,18,19). The monoisotopic (exact) mass is 315 g/mol. The second-order valence-corrected chi connectivity index (χ2v) is 5.97. The van der Waals surface area contributed by atoms with Crippen molar-refractivity contribution < 1.29 is 14.7 Å². The minimum atomic E-state index is -1.29. The van der Waals surface area contributed by atoms with Gasteiger partial charge in [-0.3, -0.25) is 4.79 Å². The molecule has 1 aromatic rings. The number of nitrogens with zero attached hydrogens (tertiary/aromatic N) is 2. The van der Waals surface area contributed by atoms with E-state index in [9.17, 15) is 14.7 Å². The number of carbonyl (C=O) groups excluding carboxylic acids is 1. The second-order valence-electron chi connectivity index (χ2n) is 4.79.